The SMILES string of the molecule is NC(=O)c1ccc(-n2nnc3ccccc32)c(N)c1. The zero-order valence-electron chi connectivity index (χ0n) is 9.95. The van der Waals surface area contributed by atoms with Crippen molar-refractivity contribution in [1.82, 2.24) is 15.0 Å². The second-order valence-corrected chi connectivity index (χ2v) is 4.13. The average molecular weight is 253 g/mol. The lowest BCUT2D eigenvalue weighted by molar-refractivity contribution is 0.100. The number of carbonyl (C=O) groups excluding carboxylic acids is 1. The maximum absolute atomic E-state index is 11.1. The lowest BCUT2D eigenvalue weighted by Crippen LogP contribution is -2.12. The molecule has 0 aliphatic rings. The van der Waals surface area contributed by atoms with Crippen LogP contribution < -0.4 is 11.5 Å². The van der Waals surface area contributed by atoms with Crippen LogP contribution in [0.15, 0.2) is 42.5 Å². The van der Waals surface area contributed by atoms with Gasteiger partial charge in [-0.1, -0.05) is 17.3 Å². The number of hydrogen-bond acceptors (Lipinski definition) is 4. The van der Waals surface area contributed by atoms with Gasteiger partial charge in [0.25, 0.3) is 0 Å². The molecule has 2 aromatic carbocycles. The monoisotopic (exact) mass is 253 g/mol. The molecule has 6 heteroatoms. The van der Waals surface area contributed by atoms with E-state index < -0.39 is 5.91 Å². The lowest BCUT2D eigenvalue weighted by Gasteiger charge is -2.07. The summed E-state index contributed by atoms with van der Waals surface area (Å²) in [6, 6.07) is 12.4. The summed E-state index contributed by atoms with van der Waals surface area (Å²) in [5.74, 6) is -0.512. The van der Waals surface area contributed by atoms with Gasteiger partial charge in [-0.2, -0.15) is 0 Å². The number of nitrogens with two attached hydrogens (primary N) is 2. The second kappa shape index (κ2) is 4.09. The smallest absolute Gasteiger partial charge is 0.248 e. The first-order valence-corrected chi connectivity index (χ1v) is 5.67. The Morgan fingerprint density at radius 3 is 2.68 bits per heavy atom. The quantitative estimate of drug-likeness (QED) is 0.668. The molecule has 0 radical (unpaired) electrons. The Morgan fingerprint density at radius 1 is 1.16 bits per heavy atom. The summed E-state index contributed by atoms with van der Waals surface area (Å²) < 4.78 is 1.63. The van der Waals surface area contributed by atoms with Gasteiger partial charge in [0.15, 0.2) is 0 Å². The van der Waals surface area contributed by atoms with Crippen LogP contribution in [0.1, 0.15) is 10.4 Å². The molecule has 0 spiro atoms. The summed E-state index contributed by atoms with van der Waals surface area (Å²) in [7, 11) is 0. The molecule has 1 aromatic heterocycles. The maximum Gasteiger partial charge on any atom is 0.248 e. The van der Waals surface area contributed by atoms with Crippen LogP contribution in [-0.2, 0) is 0 Å². The van der Waals surface area contributed by atoms with Crippen LogP contribution in [0.25, 0.3) is 16.7 Å². The van der Waals surface area contributed by atoms with Crippen LogP contribution in [0.2, 0.25) is 0 Å². The van der Waals surface area contributed by atoms with Gasteiger partial charge in [0.1, 0.15) is 5.52 Å². The molecule has 0 unspecified atom stereocenters. The fourth-order valence-corrected chi connectivity index (χ4v) is 1.95. The number of anilines is 1. The van der Waals surface area contributed by atoms with Crippen molar-refractivity contribution < 1.29 is 4.79 Å². The van der Waals surface area contributed by atoms with Gasteiger partial charge in [-0.25, -0.2) is 4.68 Å². The first kappa shape index (κ1) is 11.2. The van der Waals surface area contributed by atoms with E-state index in [4.69, 9.17) is 11.5 Å². The van der Waals surface area contributed by atoms with Crippen LogP contribution in [0.4, 0.5) is 5.69 Å². The molecule has 0 saturated heterocycles. The van der Waals surface area contributed by atoms with E-state index in [0.29, 0.717) is 16.9 Å². The molecule has 0 fully saturated rings. The topological polar surface area (TPSA) is 99.8 Å². The Morgan fingerprint density at radius 2 is 1.95 bits per heavy atom. The van der Waals surface area contributed by atoms with Crippen molar-refractivity contribution in [3.8, 4) is 5.69 Å². The third-order valence-electron chi connectivity index (χ3n) is 2.89. The first-order chi connectivity index (χ1) is 9.16. The van der Waals surface area contributed by atoms with E-state index in [9.17, 15) is 4.79 Å². The number of carbonyl (C=O) groups is 1. The first-order valence-electron chi connectivity index (χ1n) is 5.67. The Balaban J connectivity index is 2.19. The second-order valence-electron chi connectivity index (χ2n) is 4.13. The van der Waals surface area contributed by atoms with Gasteiger partial charge in [0.2, 0.25) is 5.91 Å². The highest BCUT2D eigenvalue weighted by Gasteiger charge is 2.10. The Hall–Kier alpha value is -2.89. The Labute approximate surface area is 108 Å². The van der Waals surface area contributed by atoms with Gasteiger partial charge in [0.05, 0.1) is 16.9 Å². The number of primary amides is 1. The fraction of sp³-hybridized carbons (Fsp3) is 0. The van der Waals surface area contributed by atoms with Crippen LogP contribution >= 0.6 is 0 Å². The molecule has 1 amide bonds. The Bertz CT molecular complexity index is 778. The largest absolute Gasteiger partial charge is 0.397 e. The molecule has 0 aliphatic carbocycles. The molecule has 0 atom stereocenters. The molecule has 19 heavy (non-hydrogen) atoms. The minimum Gasteiger partial charge on any atom is -0.397 e. The molecule has 3 aromatic rings. The lowest BCUT2D eigenvalue weighted by atomic mass is 10.1. The van der Waals surface area contributed by atoms with Gasteiger partial charge in [-0.15, -0.1) is 5.10 Å². The maximum atomic E-state index is 11.1. The van der Waals surface area contributed by atoms with Crippen molar-refractivity contribution in [3.63, 3.8) is 0 Å². The normalized spacial score (nSPS) is 10.7. The standard InChI is InChI=1S/C13H11N5O/c14-9-7-8(13(15)19)5-6-11(9)18-12-4-2-1-3-10(12)16-17-18/h1-7H,14H2,(H2,15,19). The number of hydrogen-bond donors (Lipinski definition) is 2. The highest BCUT2D eigenvalue weighted by molar-refractivity contribution is 5.94. The Kier molecular flexibility index (Phi) is 2.42. The zero-order valence-corrected chi connectivity index (χ0v) is 9.95. The van der Waals surface area contributed by atoms with Crippen LogP contribution in [-0.4, -0.2) is 20.9 Å². The third kappa shape index (κ3) is 1.79. The van der Waals surface area contributed by atoms with Gasteiger partial charge < -0.3 is 11.5 Å². The van der Waals surface area contributed by atoms with E-state index >= 15 is 0 Å². The highest BCUT2D eigenvalue weighted by Crippen LogP contribution is 2.22. The molecule has 3 rings (SSSR count). The minimum absolute atomic E-state index is 0.366. The molecular formula is C13H11N5O. The molecule has 6 nitrogen and oxygen atoms in total. The zero-order chi connectivity index (χ0) is 13.4. The number of nitrogen functional groups attached to an aromatic ring is 1. The average Bonchev–Trinajstić information content (AvgIpc) is 2.82. The van der Waals surface area contributed by atoms with Gasteiger partial charge in [-0.05, 0) is 30.3 Å². The van der Waals surface area contributed by atoms with E-state index in [-0.39, 0.29) is 0 Å². The van der Waals surface area contributed by atoms with E-state index in [2.05, 4.69) is 10.3 Å². The molecule has 0 aliphatic heterocycles. The number of para-hydroxylation sites is 1. The van der Waals surface area contributed by atoms with E-state index in [1.165, 1.54) is 6.07 Å². The third-order valence-corrected chi connectivity index (χ3v) is 2.89. The van der Waals surface area contributed by atoms with Crippen molar-refractivity contribution in [2.45, 2.75) is 0 Å². The molecule has 4 N–H and O–H groups in total. The number of nitrogens with zero attached hydrogens (tertiary/aromatic N) is 3. The summed E-state index contributed by atoms with van der Waals surface area (Å²) in [6.45, 7) is 0. The van der Waals surface area contributed by atoms with Crippen molar-refractivity contribution >= 4 is 22.6 Å². The molecule has 94 valence electrons. The minimum atomic E-state index is -0.512. The van der Waals surface area contributed by atoms with Crippen molar-refractivity contribution in [1.29, 1.82) is 0 Å². The van der Waals surface area contributed by atoms with Crippen molar-refractivity contribution in [3.05, 3.63) is 48.0 Å². The number of rotatable bonds is 2. The summed E-state index contributed by atoms with van der Waals surface area (Å²) in [5, 5.41) is 8.13. The summed E-state index contributed by atoms with van der Waals surface area (Å²) >= 11 is 0. The van der Waals surface area contributed by atoms with Crippen molar-refractivity contribution in [2.24, 2.45) is 5.73 Å². The summed E-state index contributed by atoms with van der Waals surface area (Å²) in [4.78, 5) is 11.1. The van der Waals surface area contributed by atoms with E-state index in [1.54, 1.807) is 16.8 Å². The van der Waals surface area contributed by atoms with Crippen LogP contribution in [0, 0.1) is 0 Å². The van der Waals surface area contributed by atoms with E-state index in [1.807, 2.05) is 24.3 Å². The predicted molar refractivity (Wildman–Crippen MR) is 71.8 cm³/mol. The van der Waals surface area contributed by atoms with Crippen LogP contribution in [0.5, 0.6) is 0 Å². The number of amides is 1. The molecular weight excluding hydrogens is 242 g/mol. The molecule has 0 bridgehead atoms. The van der Waals surface area contributed by atoms with Gasteiger partial charge in [0, 0.05) is 5.56 Å². The van der Waals surface area contributed by atoms with Gasteiger partial charge >= 0.3 is 0 Å². The number of benzene rings is 2. The predicted octanol–water partition coefficient (Wildman–Crippen LogP) is 1.10. The molecule has 0 saturated carbocycles. The fourth-order valence-electron chi connectivity index (χ4n) is 1.95. The van der Waals surface area contributed by atoms with E-state index in [0.717, 1.165) is 11.0 Å². The summed E-state index contributed by atoms with van der Waals surface area (Å²) in [5.41, 5.74) is 14.2. The van der Waals surface area contributed by atoms with Crippen LogP contribution in [0.3, 0.4) is 0 Å². The molecule has 1 heterocycles. The summed E-state index contributed by atoms with van der Waals surface area (Å²) in [6.07, 6.45) is 0. The highest BCUT2D eigenvalue weighted by atomic mass is 16.1. The number of aromatic nitrogens is 3. The van der Waals surface area contributed by atoms with Crippen molar-refractivity contribution in [2.75, 3.05) is 5.73 Å². The number of fused-ring (bicyclic) bond motifs is 1. The van der Waals surface area contributed by atoms with Gasteiger partial charge in [-0.3, -0.25) is 4.79 Å².